The van der Waals surface area contributed by atoms with Gasteiger partial charge in [-0.15, -0.1) is 0 Å². The van der Waals surface area contributed by atoms with Gasteiger partial charge in [-0.25, -0.2) is 4.98 Å². The first-order valence-electron chi connectivity index (χ1n) is 4.51. The summed E-state index contributed by atoms with van der Waals surface area (Å²) in [4.78, 5) is 8.11. The Balaban J connectivity index is 2.25. The van der Waals surface area contributed by atoms with Gasteiger partial charge in [0.05, 0.1) is 5.56 Å². The van der Waals surface area contributed by atoms with Crippen LogP contribution in [0.5, 0.6) is 0 Å². The van der Waals surface area contributed by atoms with Gasteiger partial charge in [0, 0.05) is 13.3 Å². The number of hydrogen-bond acceptors (Lipinski definition) is 6. The molecule has 80 valence electrons. The van der Waals surface area contributed by atoms with Crippen LogP contribution in [0.15, 0.2) is 22.9 Å². The molecule has 0 atom stereocenters. The van der Waals surface area contributed by atoms with Crippen LogP contribution in [0, 0.1) is 11.3 Å². The van der Waals surface area contributed by atoms with Crippen molar-refractivity contribution in [3.63, 3.8) is 0 Å². The number of nitriles is 1. The molecule has 2 heterocycles. The van der Waals surface area contributed by atoms with Gasteiger partial charge in [-0.2, -0.15) is 10.2 Å². The highest BCUT2D eigenvalue weighted by atomic mass is 16.5. The van der Waals surface area contributed by atoms with E-state index < -0.39 is 0 Å². The minimum Gasteiger partial charge on any atom is -0.377 e. The van der Waals surface area contributed by atoms with Gasteiger partial charge in [-0.3, -0.25) is 0 Å². The van der Waals surface area contributed by atoms with Crippen molar-refractivity contribution in [2.45, 2.75) is 6.61 Å². The van der Waals surface area contributed by atoms with Crippen LogP contribution in [0.2, 0.25) is 0 Å². The number of aromatic nitrogens is 3. The second-order valence-corrected chi connectivity index (χ2v) is 2.99. The smallest absolute Gasteiger partial charge is 0.276 e. The van der Waals surface area contributed by atoms with Crippen LogP contribution in [0.25, 0.3) is 11.6 Å². The molecule has 0 saturated heterocycles. The molecule has 6 nitrogen and oxygen atoms in total. The molecule has 16 heavy (non-hydrogen) atoms. The number of rotatable bonds is 3. The van der Waals surface area contributed by atoms with E-state index in [1.54, 1.807) is 19.2 Å². The Morgan fingerprint density at radius 3 is 3.00 bits per heavy atom. The molecule has 0 amide bonds. The minimum atomic E-state index is 0.291. The molecule has 0 aliphatic rings. The highest BCUT2D eigenvalue weighted by molar-refractivity contribution is 5.47. The molecular formula is C10H8N4O2. The average molecular weight is 216 g/mol. The molecule has 0 aromatic carbocycles. The summed E-state index contributed by atoms with van der Waals surface area (Å²) in [6.07, 6.45) is 1.45. The van der Waals surface area contributed by atoms with Crippen LogP contribution >= 0.6 is 0 Å². The SMILES string of the molecule is COCc1noc(-c2ccc(C#N)cn2)n1. The zero-order chi connectivity index (χ0) is 11.4. The van der Waals surface area contributed by atoms with Crippen LogP contribution in [0.4, 0.5) is 0 Å². The van der Waals surface area contributed by atoms with Crippen molar-refractivity contribution in [3.05, 3.63) is 29.7 Å². The van der Waals surface area contributed by atoms with E-state index in [4.69, 9.17) is 14.5 Å². The summed E-state index contributed by atoms with van der Waals surface area (Å²) in [7, 11) is 1.55. The molecule has 0 aliphatic heterocycles. The third-order valence-electron chi connectivity index (χ3n) is 1.85. The fourth-order valence-electron chi connectivity index (χ4n) is 1.13. The lowest BCUT2D eigenvalue weighted by Gasteiger charge is -1.92. The molecule has 0 unspecified atom stereocenters. The zero-order valence-electron chi connectivity index (χ0n) is 8.54. The minimum absolute atomic E-state index is 0.291. The third-order valence-corrected chi connectivity index (χ3v) is 1.85. The molecule has 0 N–H and O–H groups in total. The quantitative estimate of drug-likeness (QED) is 0.765. The van der Waals surface area contributed by atoms with E-state index in [2.05, 4.69) is 15.1 Å². The number of hydrogen-bond donors (Lipinski definition) is 0. The van der Waals surface area contributed by atoms with Crippen LogP contribution < -0.4 is 0 Å². The zero-order valence-corrected chi connectivity index (χ0v) is 8.54. The van der Waals surface area contributed by atoms with E-state index in [1.807, 2.05) is 6.07 Å². The lowest BCUT2D eigenvalue weighted by Crippen LogP contribution is -1.90. The van der Waals surface area contributed by atoms with E-state index in [0.29, 0.717) is 29.6 Å². The highest BCUT2D eigenvalue weighted by Crippen LogP contribution is 2.14. The van der Waals surface area contributed by atoms with Gasteiger partial charge >= 0.3 is 0 Å². The topological polar surface area (TPSA) is 84.8 Å². The van der Waals surface area contributed by atoms with E-state index in [0.717, 1.165) is 0 Å². The van der Waals surface area contributed by atoms with Gasteiger partial charge in [-0.1, -0.05) is 5.16 Å². The summed E-state index contributed by atoms with van der Waals surface area (Å²) in [5, 5.41) is 12.3. The summed E-state index contributed by atoms with van der Waals surface area (Å²) in [5.41, 5.74) is 1.02. The summed E-state index contributed by atoms with van der Waals surface area (Å²) >= 11 is 0. The first kappa shape index (κ1) is 10.3. The van der Waals surface area contributed by atoms with Crippen molar-refractivity contribution < 1.29 is 9.26 Å². The number of ether oxygens (including phenoxy) is 1. The lowest BCUT2D eigenvalue weighted by molar-refractivity contribution is 0.174. The van der Waals surface area contributed by atoms with Crippen molar-refractivity contribution in [1.29, 1.82) is 5.26 Å². The van der Waals surface area contributed by atoms with Crippen LogP contribution in [-0.4, -0.2) is 22.2 Å². The summed E-state index contributed by atoms with van der Waals surface area (Å²) in [5.74, 6) is 0.778. The average Bonchev–Trinajstić information content (AvgIpc) is 2.78. The van der Waals surface area contributed by atoms with E-state index >= 15 is 0 Å². The lowest BCUT2D eigenvalue weighted by atomic mass is 10.3. The van der Waals surface area contributed by atoms with Crippen molar-refractivity contribution >= 4 is 0 Å². The molecule has 0 fully saturated rings. The van der Waals surface area contributed by atoms with E-state index in [1.165, 1.54) is 6.20 Å². The van der Waals surface area contributed by atoms with Gasteiger partial charge in [0.1, 0.15) is 18.4 Å². The van der Waals surface area contributed by atoms with Crippen LogP contribution in [-0.2, 0) is 11.3 Å². The second-order valence-electron chi connectivity index (χ2n) is 2.99. The van der Waals surface area contributed by atoms with Gasteiger partial charge < -0.3 is 9.26 Å². The van der Waals surface area contributed by atoms with Crippen molar-refractivity contribution in [2.75, 3.05) is 7.11 Å². The maximum absolute atomic E-state index is 8.62. The molecule has 2 aromatic rings. The molecule has 2 aromatic heterocycles. The predicted octanol–water partition coefficient (Wildman–Crippen LogP) is 1.15. The fourth-order valence-corrected chi connectivity index (χ4v) is 1.13. The Kier molecular flexibility index (Phi) is 2.89. The van der Waals surface area contributed by atoms with Crippen molar-refractivity contribution in [2.24, 2.45) is 0 Å². The number of pyridine rings is 1. The Labute approximate surface area is 91.5 Å². The maximum Gasteiger partial charge on any atom is 0.276 e. The highest BCUT2D eigenvalue weighted by Gasteiger charge is 2.09. The van der Waals surface area contributed by atoms with Gasteiger partial charge in [0.15, 0.2) is 5.82 Å². The first-order valence-corrected chi connectivity index (χ1v) is 4.51. The van der Waals surface area contributed by atoms with Crippen molar-refractivity contribution in [3.8, 4) is 17.7 Å². The maximum atomic E-state index is 8.62. The Hall–Kier alpha value is -2.26. The molecule has 0 bridgehead atoms. The van der Waals surface area contributed by atoms with Crippen LogP contribution in [0.1, 0.15) is 11.4 Å². The molecular weight excluding hydrogens is 208 g/mol. The Morgan fingerprint density at radius 2 is 2.38 bits per heavy atom. The molecule has 2 rings (SSSR count). The third kappa shape index (κ3) is 2.04. The van der Waals surface area contributed by atoms with Gasteiger partial charge in [0.25, 0.3) is 5.89 Å². The normalized spacial score (nSPS) is 10.0. The molecule has 0 radical (unpaired) electrons. The van der Waals surface area contributed by atoms with Gasteiger partial charge in [0.2, 0.25) is 0 Å². The summed E-state index contributed by atoms with van der Waals surface area (Å²) in [6, 6.07) is 5.28. The second kappa shape index (κ2) is 4.51. The van der Waals surface area contributed by atoms with Crippen molar-refractivity contribution in [1.82, 2.24) is 15.1 Å². The fraction of sp³-hybridized carbons (Fsp3) is 0.200. The summed E-state index contributed by atoms with van der Waals surface area (Å²) in [6.45, 7) is 0.291. The predicted molar refractivity (Wildman–Crippen MR) is 53.0 cm³/mol. The largest absolute Gasteiger partial charge is 0.377 e. The standard InChI is InChI=1S/C10H8N4O2/c1-15-6-9-13-10(16-14-9)8-3-2-7(4-11)5-12-8/h2-3,5H,6H2,1H3. The van der Waals surface area contributed by atoms with E-state index in [-0.39, 0.29) is 0 Å². The Bertz CT molecular complexity index is 512. The molecule has 0 saturated carbocycles. The number of nitrogens with zero attached hydrogens (tertiary/aromatic N) is 4. The molecule has 0 spiro atoms. The molecule has 0 aliphatic carbocycles. The first-order chi connectivity index (χ1) is 7.83. The molecule has 6 heteroatoms. The van der Waals surface area contributed by atoms with Crippen LogP contribution in [0.3, 0.4) is 0 Å². The van der Waals surface area contributed by atoms with E-state index in [9.17, 15) is 0 Å². The summed E-state index contributed by atoms with van der Waals surface area (Å²) < 4.78 is 9.86. The Morgan fingerprint density at radius 1 is 1.50 bits per heavy atom. The number of methoxy groups -OCH3 is 1. The van der Waals surface area contributed by atoms with Gasteiger partial charge in [-0.05, 0) is 12.1 Å². The monoisotopic (exact) mass is 216 g/mol.